The van der Waals surface area contributed by atoms with Gasteiger partial charge in [-0.1, -0.05) is 17.7 Å². The number of benzene rings is 2. The third-order valence-corrected chi connectivity index (χ3v) is 5.48. The lowest BCUT2D eigenvalue weighted by molar-refractivity contribution is -0.117. The molecule has 4 rings (SSSR count). The van der Waals surface area contributed by atoms with E-state index in [1.165, 1.54) is 0 Å². The van der Waals surface area contributed by atoms with Gasteiger partial charge in [-0.05, 0) is 43.7 Å². The van der Waals surface area contributed by atoms with E-state index in [4.69, 9.17) is 16.3 Å². The number of likely N-dealkylation sites (N-methyl/N-ethyl adjacent to an activating group) is 1. The fraction of sp³-hybridized carbons (Fsp3) is 0.286. The summed E-state index contributed by atoms with van der Waals surface area (Å²) >= 11 is 6.22. The van der Waals surface area contributed by atoms with Crippen molar-refractivity contribution in [3.05, 3.63) is 47.2 Å². The molecule has 1 aromatic heterocycles. The first kappa shape index (κ1) is 19.3. The normalized spacial score (nSPS) is 15.8. The number of hydrogen-bond donors (Lipinski definition) is 2. The second kappa shape index (κ2) is 7.75. The molecule has 1 aliphatic rings. The average Bonchev–Trinajstić information content (AvgIpc) is 2.72. The summed E-state index contributed by atoms with van der Waals surface area (Å²) < 4.78 is 5.20. The second-order valence-corrected chi connectivity index (χ2v) is 7.29. The molecule has 3 aromatic rings. The van der Waals surface area contributed by atoms with Gasteiger partial charge in [0.15, 0.2) is 0 Å². The molecule has 0 radical (unpaired) electrons. The number of rotatable bonds is 5. The van der Waals surface area contributed by atoms with E-state index in [0.717, 1.165) is 34.4 Å². The maximum atomic E-state index is 12.3. The number of anilines is 3. The maximum Gasteiger partial charge on any atom is 0.246 e. The third-order valence-electron chi connectivity index (χ3n) is 5.18. The molecule has 0 saturated carbocycles. The number of aromatic nitrogens is 2. The topological polar surface area (TPSA) is 79.4 Å². The summed E-state index contributed by atoms with van der Waals surface area (Å²) in [6.07, 6.45) is 1.54. The van der Waals surface area contributed by atoms with Crippen molar-refractivity contribution in [1.82, 2.24) is 9.97 Å². The Morgan fingerprint density at radius 1 is 1.28 bits per heavy atom. The monoisotopic (exact) mass is 411 g/mol. The molecule has 1 unspecified atom stereocenters. The van der Waals surface area contributed by atoms with Gasteiger partial charge >= 0.3 is 0 Å². The minimum atomic E-state index is -0.218. The molecule has 1 amide bonds. The quantitative estimate of drug-likeness (QED) is 0.658. The van der Waals surface area contributed by atoms with Crippen LogP contribution in [0, 0.1) is 0 Å². The first-order valence-electron chi connectivity index (χ1n) is 9.44. The predicted octanol–water partition coefficient (Wildman–Crippen LogP) is 4.07. The summed E-state index contributed by atoms with van der Waals surface area (Å²) in [7, 11) is 1.59. The largest absolute Gasteiger partial charge is 0.495 e. The Bertz CT molecular complexity index is 1090. The van der Waals surface area contributed by atoms with Gasteiger partial charge in [-0.3, -0.25) is 4.79 Å². The number of ether oxygens (including phenoxy) is 1. The van der Waals surface area contributed by atoms with Gasteiger partial charge in [0, 0.05) is 18.5 Å². The molecule has 0 fully saturated rings. The van der Waals surface area contributed by atoms with E-state index in [0.29, 0.717) is 23.1 Å². The molecule has 0 aliphatic carbocycles. The summed E-state index contributed by atoms with van der Waals surface area (Å²) in [6, 6.07) is 9.36. The zero-order valence-corrected chi connectivity index (χ0v) is 17.2. The van der Waals surface area contributed by atoms with E-state index in [2.05, 4.69) is 25.5 Å². The molecule has 0 saturated heterocycles. The number of hydrogen-bond acceptors (Lipinski definition) is 6. The van der Waals surface area contributed by atoms with Crippen LogP contribution in [-0.2, 0) is 11.3 Å². The molecule has 2 heterocycles. The van der Waals surface area contributed by atoms with Crippen molar-refractivity contribution >= 4 is 45.6 Å². The lowest BCUT2D eigenvalue weighted by atomic mass is 10.1. The van der Waals surface area contributed by atoms with Gasteiger partial charge in [-0.2, -0.15) is 0 Å². The molecule has 7 nitrogen and oxygen atoms in total. The fourth-order valence-corrected chi connectivity index (χ4v) is 3.89. The van der Waals surface area contributed by atoms with Crippen LogP contribution in [0.5, 0.6) is 5.75 Å². The van der Waals surface area contributed by atoms with E-state index in [9.17, 15) is 4.79 Å². The Morgan fingerprint density at radius 3 is 2.83 bits per heavy atom. The molecular formula is C21H22ClN5O2. The zero-order chi connectivity index (χ0) is 20.5. The first-order chi connectivity index (χ1) is 14.0. The fourth-order valence-electron chi connectivity index (χ4n) is 3.61. The van der Waals surface area contributed by atoms with Crippen molar-refractivity contribution in [3.63, 3.8) is 0 Å². The maximum absolute atomic E-state index is 12.3. The summed E-state index contributed by atoms with van der Waals surface area (Å²) in [5.74, 6) is 1.32. The Hall–Kier alpha value is -3.06. The van der Waals surface area contributed by atoms with Crippen molar-refractivity contribution < 1.29 is 9.53 Å². The van der Waals surface area contributed by atoms with Gasteiger partial charge in [-0.15, -0.1) is 0 Å². The summed E-state index contributed by atoms with van der Waals surface area (Å²) in [5, 5.41) is 7.74. The number of fused-ring (bicyclic) bond motifs is 2. The zero-order valence-electron chi connectivity index (χ0n) is 16.5. The minimum absolute atomic E-state index is 0.0158. The van der Waals surface area contributed by atoms with E-state index >= 15 is 0 Å². The number of halogens is 1. The van der Waals surface area contributed by atoms with Gasteiger partial charge < -0.3 is 20.3 Å². The van der Waals surface area contributed by atoms with Crippen LogP contribution in [0.1, 0.15) is 19.4 Å². The standard InChI is InChI=1S/C21H22ClN5O2/c1-4-27-12(2)21(28)26-17-8-14-16(9-18(17)27)24-11-25-20(14)23-10-13-5-6-19(29-3)15(22)7-13/h5-9,11-12H,4,10H2,1-3H3,(H,26,28)(H,23,24,25). The lowest BCUT2D eigenvalue weighted by Crippen LogP contribution is -2.46. The van der Waals surface area contributed by atoms with Crippen LogP contribution in [-0.4, -0.2) is 35.6 Å². The van der Waals surface area contributed by atoms with Gasteiger partial charge in [-0.25, -0.2) is 9.97 Å². The van der Waals surface area contributed by atoms with Crippen LogP contribution < -0.4 is 20.3 Å². The number of nitrogens with zero attached hydrogens (tertiary/aromatic N) is 3. The third kappa shape index (κ3) is 3.53. The predicted molar refractivity (Wildman–Crippen MR) is 116 cm³/mol. The molecule has 8 heteroatoms. The number of amides is 1. The van der Waals surface area contributed by atoms with Crippen molar-refractivity contribution in [2.45, 2.75) is 26.4 Å². The lowest BCUT2D eigenvalue weighted by Gasteiger charge is -2.35. The van der Waals surface area contributed by atoms with E-state index < -0.39 is 0 Å². The molecular weight excluding hydrogens is 390 g/mol. The summed E-state index contributed by atoms with van der Waals surface area (Å²) in [5.41, 5.74) is 3.56. The van der Waals surface area contributed by atoms with Gasteiger partial charge in [0.05, 0.1) is 29.0 Å². The summed E-state index contributed by atoms with van der Waals surface area (Å²) in [6.45, 7) is 5.22. The molecule has 2 N–H and O–H groups in total. The number of carbonyl (C=O) groups excluding carboxylic acids is 1. The van der Waals surface area contributed by atoms with Crippen molar-refractivity contribution in [1.29, 1.82) is 0 Å². The van der Waals surface area contributed by atoms with Crippen molar-refractivity contribution in [2.24, 2.45) is 0 Å². The van der Waals surface area contributed by atoms with Crippen LogP contribution in [0.15, 0.2) is 36.7 Å². The molecule has 1 aliphatic heterocycles. The Morgan fingerprint density at radius 2 is 2.10 bits per heavy atom. The highest BCUT2D eigenvalue weighted by molar-refractivity contribution is 6.32. The number of carbonyl (C=O) groups is 1. The van der Waals surface area contributed by atoms with Gasteiger partial charge in [0.25, 0.3) is 0 Å². The van der Waals surface area contributed by atoms with E-state index in [-0.39, 0.29) is 11.9 Å². The number of methoxy groups -OCH3 is 1. The number of nitrogens with one attached hydrogen (secondary N) is 2. The van der Waals surface area contributed by atoms with Crippen LogP contribution in [0.4, 0.5) is 17.2 Å². The van der Waals surface area contributed by atoms with E-state index in [1.54, 1.807) is 13.4 Å². The Labute approximate surface area is 174 Å². The molecule has 2 aromatic carbocycles. The highest BCUT2D eigenvalue weighted by Gasteiger charge is 2.29. The van der Waals surface area contributed by atoms with Gasteiger partial charge in [0.1, 0.15) is 23.9 Å². The first-order valence-corrected chi connectivity index (χ1v) is 9.82. The molecule has 0 bridgehead atoms. The van der Waals surface area contributed by atoms with Crippen LogP contribution in [0.2, 0.25) is 5.02 Å². The average molecular weight is 412 g/mol. The molecule has 29 heavy (non-hydrogen) atoms. The summed E-state index contributed by atoms with van der Waals surface area (Å²) in [4.78, 5) is 23.2. The minimum Gasteiger partial charge on any atom is -0.495 e. The highest BCUT2D eigenvalue weighted by atomic mass is 35.5. The SMILES string of the molecule is CCN1c2cc3ncnc(NCc4ccc(OC)c(Cl)c4)c3cc2NC(=O)C1C. The molecule has 150 valence electrons. The van der Waals surface area contributed by atoms with Gasteiger partial charge in [0.2, 0.25) is 5.91 Å². The Kier molecular flexibility index (Phi) is 5.15. The van der Waals surface area contributed by atoms with Crippen LogP contribution in [0.3, 0.4) is 0 Å². The molecule has 0 spiro atoms. The van der Waals surface area contributed by atoms with Crippen LogP contribution in [0.25, 0.3) is 10.9 Å². The van der Waals surface area contributed by atoms with Crippen molar-refractivity contribution in [3.8, 4) is 5.75 Å². The van der Waals surface area contributed by atoms with Crippen molar-refractivity contribution in [2.75, 3.05) is 29.2 Å². The smallest absolute Gasteiger partial charge is 0.246 e. The van der Waals surface area contributed by atoms with E-state index in [1.807, 2.05) is 44.2 Å². The Balaban J connectivity index is 1.67. The molecule has 1 atom stereocenters. The second-order valence-electron chi connectivity index (χ2n) is 6.88. The van der Waals surface area contributed by atoms with Crippen LogP contribution >= 0.6 is 11.6 Å². The highest BCUT2D eigenvalue weighted by Crippen LogP contribution is 2.37.